The molecule has 1 saturated heterocycles. The van der Waals surface area contributed by atoms with Gasteiger partial charge in [0.1, 0.15) is 6.07 Å². The van der Waals surface area contributed by atoms with Crippen LogP contribution >= 0.6 is 11.3 Å². The molecule has 4 rings (SSSR count). The molecule has 1 N–H and O–H groups in total. The first-order chi connectivity index (χ1) is 11.4. The Kier molecular flexibility index (Phi) is 3.94. The molecule has 1 aromatic carbocycles. The topological polar surface area (TPSA) is 48.3 Å². The molecule has 1 aromatic heterocycles. The quantitative estimate of drug-likeness (QED) is 0.918. The normalized spacial score (nSPS) is 17.3. The lowest BCUT2D eigenvalue weighted by Crippen LogP contribution is -2.37. The van der Waals surface area contributed by atoms with Gasteiger partial charge >= 0.3 is 0 Å². The zero-order valence-electron chi connectivity index (χ0n) is 13.0. The Morgan fingerprint density at radius 2 is 2.17 bits per heavy atom. The third-order valence-corrected chi connectivity index (χ3v) is 5.47. The average Bonchev–Trinajstić information content (AvgIpc) is 3.15. The van der Waals surface area contributed by atoms with E-state index in [1.165, 1.54) is 16.0 Å². The summed E-state index contributed by atoms with van der Waals surface area (Å²) in [6.45, 7) is 4.14. The zero-order valence-corrected chi connectivity index (χ0v) is 13.8. The van der Waals surface area contributed by atoms with Crippen LogP contribution in [0.25, 0.3) is 10.4 Å². The summed E-state index contributed by atoms with van der Waals surface area (Å²) in [4.78, 5) is 3.56. The third-order valence-electron chi connectivity index (χ3n) is 4.57. The van der Waals surface area contributed by atoms with Crippen LogP contribution in [0.2, 0.25) is 0 Å². The second-order valence-corrected chi connectivity index (χ2v) is 6.84. The second-order valence-electron chi connectivity index (χ2n) is 5.89. The Hall–Kier alpha value is -2.03. The molecule has 118 valence electrons. The minimum atomic E-state index is 0.731. The van der Waals surface area contributed by atoms with Crippen LogP contribution in [0.5, 0.6) is 0 Å². The van der Waals surface area contributed by atoms with Crippen molar-refractivity contribution in [2.24, 2.45) is 0 Å². The summed E-state index contributed by atoms with van der Waals surface area (Å²) < 4.78 is 5.47. The Morgan fingerprint density at radius 3 is 2.91 bits per heavy atom. The summed E-state index contributed by atoms with van der Waals surface area (Å²) in [6.07, 6.45) is 2.06. The number of thiophene rings is 1. The molecule has 1 fully saturated rings. The Labute approximate surface area is 140 Å². The SMILES string of the molecule is N#Cc1c(N2CCOCC2)cc(-c2cccs2)c2c1CCCN2. The summed E-state index contributed by atoms with van der Waals surface area (Å²) in [5.74, 6) is 0. The van der Waals surface area contributed by atoms with Gasteiger partial charge in [-0.3, -0.25) is 0 Å². The van der Waals surface area contributed by atoms with Crippen molar-refractivity contribution in [3.8, 4) is 16.5 Å². The molecule has 0 radical (unpaired) electrons. The molecule has 0 amide bonds. The molecule has 5 heteroatoms. The standard InChI is InChI=1S/C18H19N3OS/c19-12-15-13-3-1-5-20-18(13)14(17-4-2-10-23-17)11-16(15)21-6-8-22-9-7-21/h2,4,10-11,20H,1,3,5-9H2. The van der Waals surface area contributed by atoms with Gasteiger partial charge in [0.15, 0.2) is 0 Å². The number of nitriles is 1. The van der Waals surface area contributed by atoms with Crippen LogP contribution in [0, 0.1) is 11.3 Å². The molecule has 2 aliphatic heterocycles. The van der Waals surface area contributed by atoms with Gasteiger partial charge in [-0.15, -0.1) is 11.3 Å². The smallest absolute Gasteiger partial charge is 0.102 e. The van der Waals surface area contributed by atoms with Crippen molar-refractivity contribution < 1.29 is 4.74 Å². The first kappa shape index (κ1) is 14.6. The first-order valence-corrected chi connectivity index (χ1v) is 8.97. The van der Waals surface area contributed by atoms with E-state index in [9.17, 15) is 5.26 Å². The Balaban J connectivity index is 1.91. The molecule has 0 bridgehead atoms. The van der Waals surface area contributed by atoms with Gasteiger partial charge in [0.2, 0.25) is 0 Å². The summed E-state index contributed by atoms with van der Waals surface area (Å²) in [5.41, 5.74) is 5.49. The van der Waals surface area contributed by atoms with Crippen molar-refractivity contribution in [1.29, 1.82) is 5.26 Å². The monoisotopic (exact) mass is 325 g/mol. The molecule has 0 saturated carbocycles. The predicted octanol–water partition coefficient (Wildman–Crippen LogP) is 3.48. The van der Waals surface area contributed by atoms with Gasteiger partial charge in [0.05, 0.1) is 24.5 Å². The van der Waals surface area contributed by atoms with Crippen LogP contribution < -0.4 is 10.2 Å². The largest absolute Gasteiger partial charge is 0.384 e. The number of ether oxygens (including phenoxy) is 1. The van der Waals surface area contributed by atoms with Gasteiger partial charge in [0, 0.05) is 35.8 Å². The van der Waals surface area contributed by atoms with Crippen LogP contribution in [-0.4, -0.2) is 32.8 Å². The van der Waals surface area contributed by atoms with Crippen LogP contribution in [0.15, 0.2) is 23.6 Å². The lowest BCUT2D eigenvalue weighted by Gasteiger charge is -2.32. The van der Waals surface area contributed by atoms with E-state index in [0.29, 0.717) is 0 Å². The van der Waals surface area contributed by atoms with E-state index in [-0.39, 0.29) is 0 Å². The highest BCUT2D eigenvalue weighted by Gasteiger charge is 2.25. The number of nitrogens with zero attached hydrogens (tertiary/aromatic N) is 2. The van der Waals surface area contributed by atoms with Gasteiger partial charge in [0.25, 0.3) is 0 Å². The van der Waals surface area contributed by atoms with Gasteiger partial charge < -0.3 is 15.0 Å². The van der Waals surface area contributed by atoms with Crippen molar-refractivity contribution in [2.75, 3.05) is 43.1 Å². The number of rotatable bonds is 2. The number of morpholine rings is 1. The van der Waals surface area contributed by atoms with Gasteiger partial charge in [-0.25, -0.2) is 0 Å². The number of fused-ring (bicyclic) bond motifs is 1. The van der Waals surface area contributed by atoms with E-state index in [4.69, 9.17) is 4.74 Å². The van der Waals surface area contributed by atoms with Crippen molar-refractivity contribution in [3.63, 3.8) is 0 Å². The number of hydrogen-bond donors (Lipinski definition) is 1. The number of anilines is 2. The van der Waals surface area contributed by atoms with E-state index >= 15 is 0 Å². The van der Waals surface area contributed by atoms with Gasteiger partial charge in [-0.2, -0.15) is 5.26 Å². The first-order valence-electron chi connectivity index (χ1n) is 8.09. The van der Waals surface area contributed by atoms with E-state index in [1.807, 2.05) is 0 Å². The molecule has 3 heterocycles. The fourth-order valence-electron chi connectivity index (χ4n) is 3.46. The zero-order chi connectivity index (χ0) is 15.6. The number of benzene rings is 1. The highest BCUT2D eigenvalue weighted by molar-refractivity contribution is 7.13. The van der Waals surface area contributed by atoms with E-state index in [2.05, 4.69) is 39.9 Å². The van der Waals surface area contributed by atoms with Gasteiger partial charge in [-0.1, -0.05) is 6.07 Å². The highest BCUT2D eigenvalue weighted by Crippen LogP contribution is 2.42. The summed E-state index contributed by atoms with van der Waals surface area (Å²) in [7, 11) is 0. The maximum Gasteiger partial charge on any atom is 0.102 e. The fraction of sp³-hybridized carbons (Fsp3) is 0.389. The van der Waals surface area contributed by atoms with Crippen molar-refractivity contribution >= 4 is 22.7 Å². The number of hydrogen-bond acceptors (Lipinski definition) is 5. The molecular weight excluding hydrogens is 306 g/mol. The molecule has 0 spiro atoms. The maximum absolute atomic E-state index is 9.79. The molecule has 23 heavy (non-hydrogen) atoms. The van der Waals surface area contributed by atoms with Crippen LogP contribution in [0.4, 0.5) is 11.4 Å². The van der Waals surface area contributed by atoms with Crippen molar-refractivity contribution in [2.45, 2.75) is 12.8 Å². The van der Waals surface area contributed by atoms with E-state index < -0.39 is 0 Å². The minimum Gasteiger partial charge on any atom is -0.384 e. The van der Waals surface area contributed by atoms with E-state index in [0.717, 1.165) is 62.6 Å². The minimum absolute atomic E-state index is 0.731. The molecule has 0 aliphatic carbocycles. The van der Waals surface area contributed by atoms with E-state index in [1.54, 1.807) is 11.3 Å². The summed E-state index contributed by atoms with van der Waals surface area (Å²) in [5, 5.41) is 15.4. The van der Waals surface area contributed by atoms with Gasteiger partial charge in [-0.05, 0) is 35.9 Å². The maximum atomic E-state index is 9.79. The molecule has 0 atom stereocenters. The molecule has 4 nitrogen and oxygen atoms in total. The molecular formula is C18H19N3OS. The van der Waals surface area contributed by atoms with Crippen molar-refractivity contribution in [3.05, 3.63) is 34.7 Å². The lowest BCUT2D eigenvalue weighted by molar-refractivity contribution is 0.122. The summed E-state index contributed by atoms with van der Waals surface area (Å²) >= 11 is 1.75. The highest BCUT2D eigenvalue weighted by atomic mass is 32.1. The average molecular weight is 325 g/mol. The second kappa shape index (κ2) is 6.23. The summed E-state index contributed by atoms with van der Waals surface area (Å²) in [6, 6.07) is 8.92. The van der Waals surface area contributed by atoms with Crippen LogP contribution in [0.3, 0.4) is 0 Å². The third kappa shape index (κ3) is 2.58. The Bertz CT molecular complexity index is 743. The van der Waals surface area contributed by atoms with Crippen LogP contribution in [-0.2, 0) is 11.2 Å². The lowest BCUT2D eigenvalue weighted by atomic mass is 9.92. The molecule has 0 unspecified atom stereocenters. The van der Waals surface area contributed by atoms with Crippen molar-refractivity contribution in [1.82, 2.24) is 0 Å². The predicted molar refractivity (Wildman–Crippen MR) is 94.3 cm³/mol. The number of nitrogens with one attached hydrogen (secondary N) is 1. The van der Waals surface area contributed by atoms with Crippen LogP contribution in [0.1, 0.15) is 17.5 Å². The fourth-order valence-corrected chi connectivity index (χ4v) is 4.21. The Morgan fingerprint density at radius 1 is 1.30 bits per heavy atom. The molecule has 2 aliphatic rings. The molecule has 2 aromatic rings.